The maximum absolute atomic E-state index is 5.90. The molecule has 4 heteroatoms. The predicted octanol–water partition coefficient (Wildman–Crippen LogP) is 1.07. The minimum Gasteiger partial charge on any atom is -0.380 e. The molecule has 15 heavy (non-hydrogen) atoms. The Labute approximate surface area is 92.5 Å². The number of piperidine rings is 1. The number of likely N-dealkylation sites (tertiary alicyclic amines) is 1. The lowest BCUT2D eigenvalue weighted by atomic mass is 10.00. The maximum atomic E-state index is 5.90. The highest BCUT2D eigenvalue weighted by Crippen LogP contribution is 2.15. The first-order valence-electron chi connectivity index (χ1n) is 5.86. The summed E-state index contributed by atoms with van der Waals surface area (Å²) in [6.07, 6.45) is 2.45. The van der Waals surface area contributed by atoms with Crippen molar-refractivity contribution in [2.75, 3.05) is 32.8 Å². The second-order valence-corrected chi connectivity index (χ2v) is 4.11. The Morgan fingerprint density at radius 1 is 1.47 bits per heavy atom. The number of aliphatic imine (C=N–C) groups is 1. The molecule has 0 aromatic carbocycles. The molecule has 1 fully saturated rings. The van der Waals surface area contributed by atoms with Crippen molar-refractivity contribution >= 4 is 5.96 Å². The molecule has 0 aromatic rings. The molecule has 0 amide bonds. The van der Waals surface area contributed by atoms with Crippen molar-refractivity contribution in [3.63, 3.8) is 0 Å². The molecule has 0 bridgehead atoms. The van der Waals surface area contributed by atoms with Gasteiger partial charge in [-0.2, -0.15) is 0 Å². The van der Waals surface area contributed by atoms with Gasteiger partial charge in [0.25, 0.3) is 0 Å². The van der Waals surface area contributed by atoms with Crippen LogP contribution >= 0.6 is 0 Å². The third kappa shape index (κ3) is 4.51. The fraction of sp³-hybridized carbons (Fsp3) is 0.909. The molecule has 2 N–H and O–H groups in total. The van der Waals surface area contributed by atoms with Gasteiger partial charge in [0.05, 0.1) is 13.2 Å². The van der Waals surface area contributed by atoms with Crippen LogP contribution in [0.25, 0.3) is 0 Å². The minimum atomic E-state index is 0.668. The molecule has 0 radical (unpaired) electrons. The zero-order valence-electron chi connectivity index (χ0n) is 9.91. The lowest BCUT2D eigenvalue weighted by Crippen LogP contribution is -2.42. The van der Waals surface area contributed by atoms with E-state index in [1.165, 1.54) is 12.8 Å². The average molecular weight is 213 g/mol. The van der Waals surface area contributed by atoms with E-state index >= 15 is 0 Å². The molecule has 4 nitrogen and oxygen atoms in total. The number of rotatable bonds is 4. The van der Waals surface area contributed by atoms with E-state index in [2.05, 4.69) is 16.8 Å². The van der Waals surface area contributed by atoms with Gasteiger partial charge >= 0.3 is 0 Å². The SMILES string of the molecule is CCOCCN=C(N)N1CCC(C)CC1. The van der Waals surface area contributed by atoms with Gasteiger partial charge < -0.3 is 15.4 Å². The molecule has 1 heterocycles. The summed E-state index contributed by atoms with van der Waals surface area (Å²) in [6, 6.07) is 0. The summed E-state index contributed by atoms with van der Waals surface area (Å²) in [5.74, 6) is 1.51. The van der Waals surface area contributed by atoms with Crippen LogP contribution in [0.2, 0.25) is 0 Å². The Morgan fingerprint density at radius 2 is 2.13 bits per heavy atom. The molecule has 88 valence electrons. The molecular formula is C11H23N3O. The van der Waals surface area contributed by atoms with Crippen LogP contribution in [0.1, 0.15) is 26.7 Å². The zero-order chi connectivity index (χ0) is 11.1. The first kappa shape index (κ1) is 12.3. The normalized spacial score (nSPS) is 19.6. The van der Waals surface area contributed by atoms with Crippen LogP contribution < -0.4 is 5.73 Å². The van der Waals surface area contributed by atoms with E-state index in [9.17, 15) is 0 Å². The molecule has 0 aromatic heterocycles. The number of nitrogens with zero attached hydrogens (tertiary/aromatic N) is 2. The summed E-state index contributed by atoms with van der Waals surface area (Å²) in [7, 11) is 0. The molecule has 1 rings (SSSR count). The topological polar surface area (TPSA) is 50.9 Å². The minimum absolute atomic E-state index is 0.668. The summed E-state index contributed by atoms with van der Waals surface area (Å²) < 4.78 is 5.21. The molecule has 0 spiro atoms. The van der Waals surface area contributed by atoms with E-state index in [1.807, 2.05) is 6.92 Å². The van der Waals surface area contributed by atoms with E-state index in [-0.39, 0.29) is 0 Å². The first-order chi connectivity index (χ1) is 7.24. The van der Waals surface area contributed by atoms with Gasteiger partial charge in [-0.3, -0.25) is 4.99 Å². The van der Waals surface area contributed by atoms with E-state index in [4.69, 9.17) is 10.5 Å². The highest BCUT2D eigenvalue weighted by molar-refractivity contribution is 5.78. The molecule has 0 atom stereocenters. The lowest BCUT2D eigenvalue weighted by molar-refractivity contribution is 0.155. The second kappa shape index (κ2) is 6.67. The molecule has 1 saturated heterocycles. The van der Waals surface area contributed by atoms with Gasteiger partial charge in [0.15, 0.2) is 5.96 Å². The molecule has 0 saturated carbocycles. The Kier molecular flexibility index (Phi) is 5.47. The molecule has 1 aliphatic heterocycles. The lowest BCUT2D eigenvalue weighted by Gasteiger charge is -2.31. The van der Waals surface area contributed by atoms with E-state index in [1.54, 1.807) is 0 Å². The van der Waals surface area contributed by atoms with Crippen molar-refractivity contribution in [3.05, 3.63) is 0 Å². The quantitative estimate of drug-likeness (QED) is 0.432. The van der Waals surface area contributed by atoms with Gasteiger partial charge in [-0.15, -0.1) is 0 Å². The standard InChI is InChI=1S/C11H23N3O/c1-3-15-9-6-13-11(12)14-7-4-10(2)5-8-14/h10H,3-9H2,1-2H3,(H2,12,13). The van der Waals surface area contributed by atoms with Crippen LogP contribution in [-0.2, 0) is 4.74 Å². The summed E-state index contributed by atoms with van der Waals surface area (Å²) >= 11 is 0. The largest absolute Gasteiger partial charge is 0.380 e. The number of hydrogen-bond acceptors (Lipinski definition) is 2. The van der Waals surface area contributed by atoms with Crippen LogP contribution in [0.3, 0.4) is 0 Å². The van der Waals surface area contributed by atoms with Crippen molar-refractivity contribution in [3.8, 4) is 0 Å². The fourth-order valence-corrected chi connectivity index (χ4v) is 1.71. The van der Waals surface area contributed by atoms with Crippen molar-refractivity contribution in [2.45, 2.75) is 26.7 Å². The van der Waals surface area contributed by atoms with Crippen LogP contribution in [0.4, 0.5) is 0 Å². The monoisotopic (exact) mass is 213 g/mol. The summed E-state index contributed by atoms with van der Waals surface area (Å²) in [5.41, 5.74) is 5.90. The fourth-order valence-electron chi connectivity index (χ4n) is 1.71. The first-order valence-corrected chi connectivity index (χ1v) is 5.86. The average Bonchev–Trinajstić information content (AvgIpc) is 2.25. The van der Waals surface area contributed by atoms with Gasteiger partial charge in [0.2, 0.25) is 0 Å². The van der Waals surface area contributed by atoms with Gasteiger partial charge in [-0.25, -0.2) is 0 Å². The van der Waals surface area contributed by atoms with Gasteiger partial charge in [-0.05, 0) is 25.7 Å². The van der Waals surface area contributed by atoms with Crippen molar-refractivity contribution < 1.29 is 4.74 Å². The van der Waals surface area contributed by atoms with Gasteiger partial charge in [-0.1, -0.05) is 6.92 Å². The highest BCUT2D eigenvalue weighted by Gasteiger charge is 2.16. The van der Waals surface area contributed by atoms with E-state index in [0.717, 1.165) is 25.6 Å². The Hall–Kier alpha value is -0.770. The second-order valence-electron chi connectivity index (χ2n) is 4.11. The van der Waals surface area contributed by atoms with Crippen LogP contribution in [0.15, 0.2) is 4.99 Å². The number of hydrogen-bond donors (Lipinski definition) is 1. The highest BCUT2D eigenvalue weighted by atomic mass is 16.5. The van der Waals surface area contributed by atoms with Crippen molar-refractivity contribution in [1.82, 2.24) is 4.90 Å². The third-order valence-corrected chi connectivity index (χ3v) is 2.82. The molecular weight excluding hydrogens is 190 g/mol. The number of guanidine groups is 1. The van der Waals surface area contributed by atoms with E-state index in [0.29, 0.717) is 19.1 Å². The Balaban J connectivity index is 2.23. The summed E-state index contributed by atoms with van der Waals surface area (Å²) in [5, 5.41) is 0. The zero-order valence-corrected chi connectivity index (χ0v) is 9.91. The Morgan fingerprint density at radius 3 is 2.73 bits per heavy atom. The van der Waals surface area contributed by atoms with Gasteiger partial charge in [0.1, 0.15) is 0 Å². The van der Waals surface area contributed by atoms with Crippen molar-refractivity contribution in [1.29, 1.82) is 0 Å². The smallest absolute Gasteiger partial charge is 0.191 e. The van der Waals surface area contributed by atoms with Crippen LogP contribution in [0, 0.1) is 5.92 Å². The molecule has 1 aliphatic rings. The number of ether oxygens (including phenoxy) is 1. The predicted molar refractivity (Wildman–Crippen MR) is 63.0 cm³/mol. The summed E-state index contributed by atoms with van der Waals surface area (Å²) in [6.45, 7) is 8.46. The van der Waals surface area contributed by atoms with Crippen LogP contribution in [-0.4, -0.2) is 43.7 Å². The maximum Gasteiger partial charge on any atom is 0.191 e. The summed E-state index contributed by atoms with van der Waals surface area (Å²) in [4.78, 5) is 6.48. The van der Waals surface area contributed by atoms with Gasteiger partial charge in [0, 0.05) is 19.7 Å². The molecule has 0 unspecified atom stereocenters. The molecule has 0 aliphatic carbocycles. The van der Waals surface area contributed by atoms with Crippen molar-refractivity contribution in [2.24, 2.45) is 16.6 Å². The van der Waals surface area contributed by atoms with Crippen LogP contribution in [0.5, 0.6) is 0 Å². The number of nitrogens with two attached hydrogens (primary N) is 1. The Bertz CT molecular complexity index is 198. The van der Waals surface area contributed by atoms with E-state index < -0.39 is 0 Å². The third-order valence-electron chi connectivity index (χ3n) is 2.82.